The van der Waals surface area contributed by atoms with Crippen molar-refractivity contribution in [1.82, 2.24) is 0 Å². The number of fused-ring (bicyclic) bond motifs is 2. The van der Waals surface area contributed by atoms with E-state index in [1.807, 2.05) is 0 Å². The van der Waals surface area contributed by atoms with Crippen LogP contribution in [-0.4, -0.2) is 64.1 Å². The number of hydrogen-bond donors (Lipinski definition) is 0. The summed E-state index contributed by atoms with van der Waals surface area (Å²) in [6.45, 7) is 8.42. The van der Waals surface area contributed by atoms with Crippen LogP contribution in [0.1, 0.15) is 34.6 Å². The number of hydrogen-bond acceptors (Lipinski definition) is 8. The Balaban J connectivity index is 1.67. The van der Waals surface area contributed by atoms with E-state index in [1.165, 1.54) is 6.92 Å². The van der Waals surface area contributed by atoms with E-state index < -0.39 is 53.9 Å². The standard InChI is InChI=1S/C18H23IO8/c1-8(20)22-18(7-19)15-14(25-17(4,5)27-15)12(26-18)9-6-10-13(11(9)21)24-16(2,3)23-10/h6,10,12-15H,7H2,1-5H3/t10-,12+,13-,14-,15-,18+/m0/s1. The maximum atomic E-state index is 13.0. The first-order chi connectivity index (χ1) is 12.5. The molecule has 0 aromatic rings. The summed E-state index contributed by atoms with van der Waals surface area (Å²) in [5.74, 6) is -3.71. The fraction of sp³-hybridized carbons (Fsp3) is 0.778. The number of carbonyl (C=O) groups excluding carboxylic acids is 2. The smallest absolute Gasteiger partial charge is 0.305 e. The molecule has 6 atom stereocenters. The van der Waals surface area contributed by atoms with E-state index in [0.29, 0.717) is 10.0 Å². The Kier molecular flexibility index (Phi) is 4.53. The number of carbonyl (C=O) groups is 2. The van der Waals surface area contributed by atoms with Gasteiger partial charge in [0.25, 0.3) is 5.79 Å². The van der Waals surface area contributed by atoms with Gasteiger partial charge in [0.1, 0.15) is 18.3 Å². The summed E-state index contributed by atoms with van der Waals surface area (Å²) < 4.78 is 35.6. The van der Waals surface area contributed by atoms with Crippen LogP contribution in [-0.2, 0) is 38.0 Å². The topological polar surface area (TPSA) is 89.5 Å². The summed E-state index contributed by atoms with van der Waals surface area (Å²) >= 11 is 2.08. The van der Waals surface area contributed by atoms with Crippen LogP contribution in [0.25, 0.3) is 0 Å². The zero-order valence-electron chi connectivity index (χ0n) is 15.8. The summed E-state index contributed by atoms with van der Waals surface area (Å²) in [5.41, 5.74) is 0.413. The van der Waals surface area contributed by atoms with Crippen molar-refractivity contribution in [2.75, 3.05) is 4.43 Å². The van der Waals surface area contributed by atoms with Crippen molar-refractivity contribution in [3.8, 4) is 0 Å². The third-order valence-corrected chi connectivity index (χ3v) is 6.08. The van der Waals surface area contributed by atoms with E-state index in [9.17, 15) is 9.59 Å². The molecule has 0 aromatic heterocycles. The number of alkyl halides is 1. The SMILES string of the molecule is CC(=O)O[C@]1(CI)O[C@H](C2=C[C@@H]3OC(C)(C)O[C@@H]3C2=O)[C@@H]2OC(C)(C)O[C@@H]21. The third kappa shape index (κ3) is 3.16. The number of ketones is 1. The summed E-state index contributed by atoms with van der Waals surface area (Å²) in [4.78, 5) is 24.7. The maximum Gasteiger partial charge on any atom is 0.305 e. The molecule has 3 fully saturated rings. The van der Waals surface area contributed by atoms with Gasteiger partial charge in [-0.15, -0.1) is 0 Å². The van der Waals surface area contributed by atoms with Gasteiger partial charge < -0.3 is 28.4 Å². The monoisotopic (exact) mass is 494 g/mol. The van der Waals surface area contributed by atoms with E-state index in [2.05, 4.69) is 22.6 Å². The molecule has 0 radical (unpaired) electrons. The molecule has 0 spiro atoms. The normalized spacial score (nSPS) is 44.1. The average Bonchev–Trinajstić information content (AvgIpc) is 3.19. The van der Waals surface area contributed by atoms with Crippen LogP contribution in [0.5, 0.6) is 0 Å². The molecule has 9 heteroatoms. The molecule has 27 heavy (non-hydrogen) atoms. The zero-order chi connectivity index (χ0) is 19.8. The molecule has 3 saturated heterocycles. The first-order valence-electron chi connectivity index (χ1n) is 8.87. The Morgan fingerprint density at radius 3 is 2.33 bits per heavy atom. The summed E-state index contributed by atoms with van der Waals surface area (Å²) in [7, 11) is 0. The fourth-order valence-corrected chi connectivity index (χ4v) is 4.94. The first-order valence-corrected chi connectivity index (χ1v) is 10.4. The Labute approximate surface area is 170 Å². The predicted octanol–water partition coefficient (Wildman–Crippen LogP) is 1.63. The number of rotatable bonds is 3. The molecule has 0 unspecified atom stereocenters. The lowest BCUT2D eigenvalue weighted by Gasteiger charge is -2.32. The molecule has 3 aliphatic heterocycles. The fourth-order valence-electron chi connectivity index (χ4n) is 4.17. The molecule has 0 bridgehead atoms. The van der Waals surface area contributed by atoms with E-state index in [-0.39, 0.29) is 5.78 Å². The minimum Gasteiger partial charge on any atom is -0.429 e. The molecule has 4 rings (SSSR count). The number of ether oxygens (including phenoxy) is 6. The van der Waals surface area contributed by atoms with Crippen LogP contribution in [0.2, 0.25) is 0 Å². The van der Waals surface area contributed by atoms with Gasteiger partial charge in [-0.3, -0.25) is 9.59 Å². The van der Waals surface area contributed by atoms with Gasteiger partial charge in [0.15, 0.2) is 29.6 Å². The van der Waals surface area contributed by atoms with Crippen molar-refractivity contribution >= 4 is 34.3 Å². The largest absolute Gasteiger partial charge is 0.429 e. The molecular weight excluding hydrogens is 471 g/mol. The molecule has 8 nitrogen and oxygen atoms in total. The number of Topliss-reactive ketones (excluding diaryl/α,β-unsaturated/α-hetero) is 1. The van der Waals surface area contributed by atoms with Crippen LogP contribution in [0.4, 0.5) is 0 Å². The molecule has 0 N–H and O–H groups in total. The van der Waals surface area contributed by atoms with E-state index in [0.717, 1.165) is 0 Å². The Morgan fingerprint density at radius 1 is 1.07 bits per heavy atom. The Hall–Kier alpha value is -0.590. The van der Waals surface area contributed by atoms with Crippen LogP contribution in [0, 0.1) is 0 Å². The molecule has 0 saturated carbocycles. The third-order valence-electron chi connectivity index (χ3n) is 5.01. The van der Waals surface area contributed by atoms with Gasteiger partial charge in [-0.25, -0.2) is 0 Å². The summed E-state index contributed by atoms with van der Waals surface area (Å²) in [5, 5.41) is 0. The molecule has 1 aliphatic carbocycles. The highest BCUT2D eigenvalue weighted by molar-refractivity contribution is 14.1. The average molecular weight is 494 g/mol. The minimum absolute atomic E-state index is 0.199. The van der Waals surface area contributed by atoms with Gasteiger partial charge in [0.05, 0.1) is 4.43 Å². The van der Waals surface area contributed by atoms with Crippen LogP contribution >= 0.6 is 22.6 Å². The maximum absolute atomic E-state index is 13.0. The van der Waals surface area contributed by atoms with Gasteiger partial charge in [-0.2, -0.15) is 0 Å². The predicted molar refractivity (Wildman–Crippen MR) is 99.0 cm³/mol. The van der Waals surface area contributed by atoms with Crippen molar-refractivity contribution in [2.45, 2.75) is 82.5 Å². The lowest BCUT2D eigenvalue weighted by molar-refractivity contribution is -0.267. The van der Waals surface area contributed by atoms with Gasteiger partial charge >= 0.3 is 5.97 Å². The van der Waals surface area contributed by atoms with Crippen LogP contribution in [0.3, 0.4) is 0 Å². The Morgan fingerprint density at radius 2 is 1.74 bits per heavy atom. The quantitative estimate of drug-likeness (QED) is 0.333. The summed E-state index contributed by atoms with van der Waals surface area (Å²) in [6, 6.07) is 0. The van der Waals surface area contributed by atoms with E-state index >= 15 is 0 Å². The minimum atomic E-state index is -1.32. The molecular formula is C18H23IO8. The van der Waals surface area contributed by atoms with Gasteiger partial charge in [0.2, 0.25) is 0 Å². The van der Waals surface area contributed by atoms with Crippen molar-refractivity contribution in [2.24, 2.45) is 0 Å². The molecule has 150 valence electrons. The Bertz CT molecular complexity index is 716. The van der Waals surface area contributed by atoms with Crippen LogP contribution < -0.4 is 0 Å². The first kappa shape index (κ1) is 19.7. The number of esters is 1. The number of halogens is 1. The van der Waals surface area contributed by atoms with Crippen molar-refractivity contribution in [3.63, 3.8) is 0 Å². The lowest BCUT2D eigenvalue weighted by Crippen LogP contribution is -2.48. The van der Waals surface area contributed by atoms with Gasteiger partial charge in [0, 0.05) is 12.5 Å². The second kappa shape index (κ2) is 6.20. The highest BCUT2D eigenvalue weighted by atomic mass is 127. The molecule has 0 aromatic carbocycles. The second-order valence-electron chi connectivity index (χ2n) is 8.11. The highest BCUT2D eigenvalue weighted by Gasteiger charge is 2.67. The zero-order valence-corrected chi connectivity index (χ0v) is 18.0. The second-order valence-corrected chi connectivity index (χ2v) is 8.87. The highest BCUT2D eigenvalue weighted by Crippen LogP contribution is 2.49. The molecule has 3 heterocycles. The van der Waals surface area contributed by atoms with Crippen LogP contribution in [0.15, 0.2) is 11.6 Å². The van der Waals surface area contributed by atoms with Crippen molar-refractivity contribution in [1.29, 1.82) is 0 Å². The molecule has 4 aliphatic rings. The van der Waals surface area contributed by atoms with E-state index in [4.69, 9.17) is 28.4 Å². The summed E-state index contributed by atoms with van der Waals surface area (Å²) in [6.07, 6.45) is -1.41. The van der Waals surface area contributed by atoms with Crippen molar-refractivity contribution < 1.29 is 38.0 Å². The molecule has 0 amide bonds. The van der Waals surface area contributed by atoms with Gasteiger partial charge in [-0.1, -0.05) is 22.6 Å². The van der Waals surface area contributed by atoms with Crippen molar-refractivity contribution in [3.05, 3.63) is 11.6 Å². The lowest BCUT2D eigenvalue weighted by atomic mass is 9.99. The van der Waals surface area contributed by atoms with Gasteiger partial charge in [-0.05, 0) is 33.8 Å². The van der Waals surface area contributed by atoms with E-state index in [1.54, 1.807) is 33.8 Å².